The lowest BCUT2D eigenvalue weighted by atomic mass is 10.1. The smallest absolute Gasteiger partial charge is 0.387 e. The number of nitrogens with one attached hydrogen (secondary N) is 2. The van der Waals surface area contributed by atoms with Crippen molar-refractivity contribution in [3.05, 3.63) is 23.8 Å². The van der Waals surface area contributed by atoms with Crippen molar-refractivity contribution in [3.63, 3.8) is 0 Å². The van der Waals surface area contributed by atoms with Crippen LogP contribution in [-0.4, -0.2) is 39.3 Å². The minimum Gasteiger partial charge on any atom is -0.493 e. The molecular formula is C15H20F2N2O3. The monoisotopic (exact) mass is 314 g/mol. The Bertz CT molecular complexity index is 506. The molecule has 7 heteroatoms. The van der Waals surface area contributed by atoms with Gasteiger partial charge < -0.3 is 20.1 Å². The second kappa shape index (κ2) is 7.93. The van der Waals surface area contributed by atoms with Crippen molar-refractivity contribution in [3.8, 4) is 11.5 Å². The molecule has 1 aromatic rings. The van der Waals surface area contributed by atoms with Crippen LogP contribution in [0.2, 0.25) is 0 Å². The van der Waals surface area contributed by atoms with Crippen molar-refractivity contribution in [2.75, 3.05) is 26.7 Å². The number of amides is 1. The number of alkyl halides is 2. The topological polar surface area (TPSA) is 59.6 Å². The van der Waals surface area contributed by atoms with Crippen molar-refractivity contribution in [1.82, 2.24) is 10.6 Å². The summed E-state index contributed by atoms with van der Waals surface area (Å²) >= 11 is 0. The molecular weight excluding hydrogens is 294 g/mol. The van der Waals surface area contributed by atoms with E-state index >= 15 is 0 Å². The molecule has 0 spiro atoms. The van der Waals surface area contributed by atoms with Crippen LogP contribution in [0.5, 0.6) is 11.5 Å². The van der Waals surface area contributed by atoms with Crippen molar-refractivity contribution in [2.24, 2.45) is 5.92 Å². The molecule has 22 heavy (non-hydrogen) atoms. The highest BCUT2D eigenvalue weighted by atomic mass is 19.3. The molecule has 1 saturated heterocycles. The molecule has 1 aliphatic rings. The first-order valence-corrected chi connectivity index (χ1v) is 7.20. The zero-order valence-electron chi connectivity index (χ0n) is 12.4. The molecule has 0 saturated carbocycles. The fourth-order valence-corrected chi connectivity index (χ4v) is 2.42. The van der Waals surface area contributed by atoms with Crippen molar-refractivity contribution in [2.45, 2.75) is 19.5 Å². The molecule has 0 aromatic heterocycles. The summed E-state index contributed by atoms with van der Waals surface area (Å²) in [6, 6.07) is 4.85. The van der Waals surface area contributed by atoms with E-state index in [0.29, 0.717) is 19.5 Å². The van der Waals surface area contributed by atoms with Crippen LogP contribution in [0.3, 0.4) is 0 Å². The van der Waals surface area contributed by atoms with Gasteiger partial charge in [0.05, 0.1) is 13.0 Å². The van der Waals surface area contributed by atoms with Crippen molar-refractivity contribution < 1.29 is 23.0 Å². The lowest BCUT2D eigenvalue weighted by molar-refractivity contribution is -0.124. The first-order chi connectivity index (χ1) is 10.6. The highest BCUT2D eigenvalue weighted by Gasteiger charge is 2.21. The molecule has 0 aliphatic carbocycles. The maximum absolute atomic E-state index is 12.4. The van der Waals surface area contributed by atoms with Gasteiger partial charge in [-0.25, -0.2) is 0 Å². The Kier molecular flexibility index (Phi) is 5.94. The summed E-state index contributed by atoms with van der Waals surface area (Å²) in [5.41, 5.74) is 0.793. The van der Waals surface area contributed by atoms with Gasteiger partial charge >= 0.3 is 6.61 Å². The lowest BCUT2D eigenvalue weighted by Gasteiger charge is -2.12. The Morgan fingerprint density at radius 3 is 2.91 bits per heavy atom. The average molecular weight is 314 g/mol. The molecule has 1 amide bonds. The predicted octanol–water partition coefficient (Wildman–Crippen LogP) is 1.56. The van der Waals surface area contributed by atoms with E-state index in [0.717, 1.165) is 18.5 Å². The molecule has 5 nitrogen and oxygen atoms in total. The third-order valence-electron chi connectivity index (χ3n) is 3.59. The van der Waals surface area contributed by atoms with E-state index in [2.05, 4.69) is 15.4 Å². The fraction of sp³-hybridized carbons (Fsp3) is 0.533. The molecule has 2 rings (SSSR count). The SMILES string of the molecule is COc1ccc(CCNC(=O)C2CCNC2)cc1OC(F)F. The van der Waals surface area contributed by atoms with E-state index < -0.39 is 6.61 Å². The quantitative estimate of drug-likeness (QED) is 0.802. The Hall–Kier alpha value is -1.89. The van der Waals surface area contributed by atoms with Crippen LogP contribution < -0.4 is 20.1 Å². The summed E-state index contributed by atoms with van der Waals surface area (Å²) in [4.78, 5) is 11.9. The number of benzene rings is 1. The van der Waals surface area contributed by atoms with Crippen LogP contribution in [0.25, 0.3) is 0 Å². The molecule has 1 heterocycles. The summed E-state index contributed by atoms with van der Waals surface area (Å²) in [7, 11) is 1.39. The van der Waals surface area contributed by atoms with E-state index in [1.54, 1.807) is 12.1 Å². The maximum atomic E-state index is 12.4. The van der Waals surface area contributed by atoms with Gasteiger partial charge in [0, 0.05) is 13.1 Å². The summed E-state index contributed by atoms with van der Waals surface area (Å²) in [6.07, 6.45) is 1.39. The Balaban J connectivity index is 1.87. The molecule has 1 aromatic carbocycles. The van der Waals surface area contributed by atoms with Gasteiger partial charge in [0.15, 0.2) is 11.5 Å². The second-order valence-electron chi connectivity index (χ2n) is 5.09. The van der Waals surface area contributed by atoms with Gasteiger partial charge in [-0.1, -0.05) is 6.07 Å². The highest BCUT2D eigenvalue weighted by Crippen LogP contribution is 2.29. The van der Waals surface area contributed by atoms with Crippen LogP contribution in [0.1, 0.15) is 12.0 Å². The standard InChI is InChI=1S/C15H20F2N2O3/c1-21-12-3-2-10(8-13(12)22-15(16)17)4-7-19-14(20)11-5-6-18-9-11/h2-3,8,11,15,18H,4-7,9H2,1H3,(H,19,20). The van der Waals surface area contributed by atoms with E-state index in [9.17, 15) is 13.6 Å². The number of ether oxygens (including phenoxy) is 2. The number of hydrogen-bond donors (Lipinski definition) is 2. The number of rotatable bonds is 7. The maximum Gasteiger partial charge on any atom is 0.387 e. The van der Waals surface area contributed by atoms with E-state index in [-0.39, 0.29) is 23.3 Å². The largest absolute Gasteiger partial charge is 0.493 e. The van der Waals surface area contributed by atoms with Gasteiger partial charge in [-0.05, 0) is 37.1 Å². The van der Waals surface area contributed by atoms with Crippen molar-refractivity contribution in [1.29, 1.82) is 0 Å². The van der Waals surface area contributed by atoms with Crippen LogP contribution in [0.15, 0.2) is 18.2 Å². The summed E-state index contributed by atoms with van der Waals surface area (Å²) < 4.78 is 34.1. The van der Waals surface area contributed by atoms with E-state index in [1.165, 1.54) is 13.2 Å². The predicted molar refractivity (Wildman–Crippen MR) is 77.3 cm³/mol. The fourth-order valence-electron chi connectivity index (χ4n) is 2.42. The zero-order chi connectivity index (χ0) is 15.9. The third kappa shape index (κ3) is 4.56. The minimum absolute atomic E-state index is 0.00122. The number of carbonyl (C=O) groups is 1. The van der Waals surface area contributed by atoms with Crippen LogP contribution in [0.4, 0.5) is 8.78 Å². The average Bonchev–Trinajstić information content (AvgIpc) is 3.01. The highest BCUT2D eigenvalue weighted by molar-refractivity contribution is 5.79. The second-order valence-corrected chi connectivity index (χ2v) is 5.09. The molecule has 0 radical (unpaired) electrons. The molecule has 1 fully saturated rings. The minimum atomic E-state index is -2.90. The van der Waals surface area contributed by atoms with Gasteiger partial charge in [0.1, 0.15) is 0 Å². The Morgan fingerprint density at radius 2 is 2.27 bits per heavy atom. The molecule has 0 bridgehead atoms. The lowest BCUT2D eigenvalue weighted by Crippen LogP contribution is -2.33. The van der Waals surface area contributed by atoms with Crippen LogP contribution in [0, 0.1) is 5.92 Å². The number of halogens is 2. The Labute approximate surface area is 128 Å². The van der Waals surface area contributed by atoms with Gasteiger partial charge in [0.2, 0.25) is 5.91 Å². The van der Waals surface area contributed by atoms with Crippen molar-refractivity contribution >= 4 is 5.91 Å². The summed E-state index contributed by atoms with van der Waals surface area (Å²) in [5.74, 6) is 0.308. The molecule has 2 N–H and O–H groups in total. The molecule has 122 valence electrons. The van der Waals surface area contributed by atoms with Gasteiger partial charge in [0.25, 0.3) is 0 Å². The number of hydrogen-bond acceptors (Lipinski definition) is 4. The molecule has 1 aliphatic heterocycles. The number of methoxy groups -OCH3 is 1. The third-order valence-corrected chi connectivity index (χ3v) is 3.59. The van der Waals surface area contributed by atoms with Gasteiger partial charge in [-0.15, -0.1) is 0 Å². The normalized spacial score (nSPS) is 17.5. The number of carbonyl (C=O) groups excluding carboxylic acids is 1. The van der Waals surface area contributed by atoms with E-state index in [4.69, 9.17) is 4.74 Å². The molecule has 1 atom stereocenters. The summed E-state index contributed by atoms with van der Waals surface area (Å²) in [5, 5.41) is 6.00. The zero-order valence-corrected chi connectivity index (χ0v) is 12.4. The molecule has 1 unspecified atom stereocenters. The van der Waals surface area contributed by atoms with Crippen LogP contribution in [-0.2, 0) is 11.2 Å². The first-order valence-electron chi connectivity index (χ1n) is 7.20. The van der Waals surface area contributed by atoms with Gasteiger partial charge in [-0.3, -0.25) is 4.79 Å². The summed E-state index contributed by atoms with van der Waals surface area (Å²) in [6.45, 7) is -0.875. The van der Waals surface area contributed by atoms with E-state index in [1.807, 2.05) is 0 Å². The van der Waals surface area contributed by atoms with Crippen LogP contribution >= 0.6 is 0 Å². The Morgan fingerprint density at radius 1 is 1.45 bits per heavy atom. The van der Waals surface area contributed by atoms with Gasteiger partial charge in [-0.2, -0.15) is 8.78 Å². The first kappa shape index (κ1) is 16.5.